The molecule has 2 aromatic rings. The van der Waals surface area contributed by atoms with E-state index in [0.717, 1.165) is 16.8 Å². The van der Waals surface area contributed by atoms with Crippen molar-refractivity contribution >= 4 is 11.8 Å². The number of urea groups is 1. The molecule has 0 aliphatic heterocycles. The second-order valence-electron chi connectivity index (χ2n) is 4.12. The van der Waals surface area contributed by atoms with E-state index in [2.05, 4.69) is 20.8 Å². The Labute approximate surface area is 106 Å². The average molecular weight is 244 g/mol. The van der Waals surface area contributed by atoms with Gasteiger partial charge in [0.15, 0.2) is 5.82 Å². The van der Waals surface area contributed by atoms with Crippen molar-refractivity contribution in [2.24, 2.45) is 0 Å². The van der Waals surface area contributed by atoms with Crippen LogP contribution in [0.5, 0.6) is 0 Å². The molecule has 0 unspecified atom stereocenters. The van der Waals surface area contributed by atoms with Crippen LogP contribution in [0.3, 0.4) is 0 Å². The monoisotopic (exact) mass is 244 g/mol. The number of hydrogen-bond donors (Lipinski definition) is 3. The number of benzene rings is 1. The predicted octanol–water partition coefficient (Wildman–Crippen LogP) is 2.35. The van der Waals surface area contributed by atoms with Gasteiger partial charge < -0.3 is 5.32 Å². The van der Waals surface area contributed by atoms with Gasteiger partial charge in [0.25, 0.3) is 0 Å². The van der Waals surface area contributed by atoms with Gasteiger partial charge in [-0.15, -0.1) is 0 Å². The van der Waals surface area contributed by atoms with Crippen LogP contribution in [-0.4, -0.2) is 16.2 Å². The minimum atomic E-state index is -0.256. The van der Waals surface area contributed by atoms with E-state index in [1.807, 2.05) is 44.2 Å². The van der Waals surface area contributed by atoms with Gasteiger partial charge in [-0.3, -0.25) is 10.4 Å². The van der Waals surface area contributed by atoms with E-state index in [1.54, 1.807) is 0 Å². The second-order valence-corrected chi connectivity index (χ2v) is 4.12. The summed E-state index contributed by atoms with van der Waals surface area (Å²) >= 11 is 0. The first-order chi connectivity index (χ1) is 8.66. The molecule has 0 spiro atoms. The highest BCUT2D eigenvalue weighted by Gasteiger charge is 2.08. The maximum absolute atomic E-state index is 11.7. The number of rotatable bonds is 3. The van der Waals surface area contributed by atoms with Crippen LogP contribution >= 0.6 is 0 Å². The van der Waals surface area contributed by atoms with Gasteiger partial charge >= 0.3 is 6.03 Å². The quantitative estimate of drug-likeness (QED) is 0.775. The third kappa shape index (κ3) is 2.88. The Bertz CT molecular complexity index is 533. The number of carbonyl (C=O) groups excluding carboxylic acids is 1. The number of aryl methyl sites for hydroxylation is 1. The molecule has 0 atom stereocenters. The Morgan fingerprint density at radius 2 is 2.00 bits per heavy atom. The normalized spacial score (nSPS) is 10.1. The topological polar surface area (TPSA) is 69.8 Å². The summed E-state index contributed by atoms with van der Waals surface area (Å²) in [7, 11) is 0. The Morgan fingerprint density at radius 1 is 1.28 bits per heavy atom. The number of nitrogens with zero attached hydrogens (tertiary/aromatic N) is 1. The summed E-state index contributed by atoms with van der Waals surface area (Å²) < 4.78 is 0. The van der Waals surface area contributed by atoms with Crippen molar-refractivity contribution in [2.75, 3.05) is 5.32 Å². The minimum Gasteiger partial charge on any atom is -0.334 e. The zero-order chi connectivity index (χ0) is 13.0. The molecular weight excluding hydrogens is 228 g/mol. The third-order valence-corrected chi connectivity index (χ3v) is 2.78. The fourth-order valence-electron chi connectivity index (χ4n) is 1.54. The number of aromatic amines is 1. The number of nitrogens with one attached hydrogen (secondary N) is 3. The van der Waals surface area contributed by atoms with E-state index in [1.165, 1.54) is 0 Å². The van der Waals surface area contributed by atoms with Gasteiger partial charge in [-0.1, -0.05) is 30.3 Å². The second kappa shape index (κ2) is 5.35. The van der Waals surface area contributed by atoms with Crippen molar-refractivity contribution in [2.45, 2.75) is 20.4 Å². The van der Waals surface area contributed by atoms with Crippen molar-refractivity contribution in [1.29, 1.82) is 0 Å². The van der Waals surface area contributed by atoms with Crippen LogP contribution < -0.4 is 10.6 Å². The van der Waals surface area contributed by atoms with E-state index < -0.39 is 0 Å². The molecule has 0 saturated heterocycles. The summed E-state index contributed by atoms with van der Waals surface area (Å²) in [6.07, 6.45) is 0. The molecule has 1 aromatic carbocycles. The molecule has 0 bridgehead atoms. The van der Waals surface area contributed by atoms with Gasteiger partial charge in [-0.25, -0.2) is 4.79 Å². The fraction of sp³-hybridized carbons (Fsp3) is 0.231. The fourth-order valence-corrected chi connectivity index (χ4v) is 1.54. The van der Waals surface area contributed by atoms with Crippen LogP contribution in [0.1, 0.15) is 16.8 Å². The van der Waals surface area contributed by atoms with E-state index in [0.29, 0.717) is 12.4 Å². The van der Waals surface area contributed by atoms with E-state index >= 15 is 0 Å². The highest BCUT2D eigenvalue weighted by Crippen LogP contribution is 2.13. The summed E-state index contributed by atoms with van der Waals surface area (Å²) in [6, 6.07) is 9.49. The van der Waals surface area contributed by atoms with Crippen molar-refractivity contribution in [1.82, 2.24) is 15.5 Å². The SMILES string of the molecule is Cc1[nH]nc(NC(=O)NCc2ccccc2)c1C. The molecule has 1 heterocycles. The maximum Gasteiger partial charge on any atom is 0.320 e. The Morgan fingerprint density at radius 3 is 2.61 bits per heavy atom. The van der Waals surface area contributed by atoms with E-state index in [4.69, 9.17) is 0 Å². The number of carbonyl (C=O) groups is 1. The summed E-state index contributed by atoms with van der Waals surface area (Å²) in [5.41, 5.74) is 2.96. The molecule has 18 heavy (non-hydrogen) atoms. The summed E-state index contributed by atoms with van der Waals surface area (Å²) in [4.78, 5) is 11.7. The summed E-state index contributed by atoms with van der Waals surface area (Å²) in [5.74, 6) is 0.568. The van der Waals surface area contributed by atoms with Gasteiger partial charge in [0.1, 0.15) is 0 Å². The van der Waals surface area contributed by atoms with Crippen LogP contribution in [0.4, 0.5) is 10.6 Å². The molecule has 0 saturated carbocycles. The van der Waals surface area contributed by atoms with Crippen LogP contribution in [0.25, 0.3) is 0 Å². The molecule has 0 fully saturated rings. The third-order valence-electron chi connectivity index (χ3n) is 2.78. The molecule has 1 aromatic heterocycles. The van der Waals surface area contributed by atoms with Crippen molar-refractivity contribution in [3.63, 3.8) is 0 Å². The Kier molecular flexibility index (Phi) is 3.62. The summed E-state index contributed by atoms with van der Waals surface area (Å²) in [5, 5.41) is 12.3. The molecule has 0 aliphatic carbocycles. The summed E-state index contributed by atoms with van der Waals surface area (Å²) in [6.45, 7) is 4.32. The van der Waals surface area contributed by atoms with Crippen molar-refractivity contribution < 1.29 is 4.79 Å². The van der Waals surface area contributed by atoms with Crippen LogP contribution in [0, 0.1) is 13.8 Å². The lowest BCUT2D eigenvalue weighted by molar-refractivity contribution is 0.251. The lowest BCUT2D eigenvalue weighted by Crippen LogP contribution is -2.28. The maximum atomic E-state index is 11.7. The number of aromatic nitrogens is 2. The highest BCUT2D eigenvalue weighted by atomic mass is 16.2. The molecule has 0 aliphatic rings. The Hall–Kier alpha value is -2.30. The average Bonchev–Trinajstić information content (AvgIpc) is 2.70. The Balaban J connectivity index is 1.88. The molecule has 94 valence electrons. The van der Waals surface area contributed by atoms with E-state index in [-0.39, 0.29) is 6.03 Å². The zero-order valence-electron chi connectivity index (χ0n) is 10.4. The van der Waals surface area contributed by atoms with Crippen molar-refractivity contribution in [3.8, 4) is 0 Å². The largest absolute Gasteiger partial charge is 0.334 e. The standard InChI is InChI=1S/C13H16N4O/c1-9-10(2)16-17-12(9)15-13(18)14-8-11-6-4-3-5-7-11/h3-7H,8H2,1-2H3,(H3,14,15,16,17,18). The van der Waals surface area contributed by atoms with Gasteiger partial charge in [0.2, 0.25) is 0 Å². The lowest BCUT2D eigenvalue weighted by Gasteiger charge is -2.06. The molecule has 3 N–H and O–H groups in total. The smallest absolute Gasteiger partial charge is 0.320 e. The number of hydrogen-bond acceptors (Lipinski definition) is 2. The van der Waals surface area contributed by atoms with Crippen LogP contribution in [-0.2, 0) is 6.54 Å². The van der Waals surface area contributed by atoms with Gasteiger partial charge in [-0.2, -0.15) is 5.10 Å². The van der Waals surface area contributed by atoms with Gasteiger partial charge in [-0.05, 0) is 19.4 Å². The minimum absolute atomic E-state index is 0.256. The first kappa shape index (κ1) is 12.2. The number of H-pyrrole nitrogens is 1. The lowest BCUT2D eigenvalue weighted by atomic mass is 10.2. The molecule has 5 nitrogen and oxygen atoms in total. The highest BCUT2D eigenvalue weighted by molar-refractivity contribution is 5.88. The van der Waals surface area contributed by atoms with Gasteiger partial charge in [0, 0.05) is 17.8 Å². The van der Waals surface area contributed by atoms with Crippen LogP contribution in [0.2, 0.25) is 0 Å². The number of amides is 2. The van der Waals surface area contributed by atoms with E-state index in [9.17, 15) is 4.79 Å². The molecule has 2 rings (SSSR count). The first-order valence-corrected chi connectivity index (χ1v) is 5.77. The van der Waals surface area contributed by atoms with Crippen molar-refractivity contribution in [3.05, 3.63) is 47.2 Å². The zero-order valence-corrected chi connectivity index (χ0v) is 10.4. The molecular formula is C13H16N4O. The van der Waals surface area contributed by atoms with Gasteiger partial charge in [0.05, 0.1) is 0 Å². The predicted molar refractivity (Wildman–Crippen MR) is 70.4 cm³/mol. The molecule has 5 heteroatoms. The number of anilines is 1. The molecule has 0 radical (unpaired) electrons. The molecule has 2 amide bonds. The first-order valence-electron chi connectivity index (χ1n) is 5.77. The van der Waals surface area contributed by atoms with Crippen LogP contribution in [0.15, 0.2) is 30.3 Å².